The fourth-order valence-electron chi connectivity index (χ4n) is 2.48. The first-order chi connectivity index (χ1) is 9.75. The van der Waals surface area contributed by atoms with Gasteiger partial charge >= 0.3 is 0 Å². The predicted molar refractivity (Wildman–Crippen MR) is 83.8 cm³/mol. The third-order valence-electron chi connectivity index (χ3n) is 3.51. The summed E-state index contributed by atoms with van der Waals surface area (Å²) in [4.78, 5) is 4.15. The monoisotopic (exact) mass is 282 g/mol. The van der Waals surface area contributed by atoms with Gasteiger partial charge in [-0.15, -0.1) is 0 Å². The Morgan fingerprint density at radius 3 is 2.75 bits per heavy atom. The maximum Gasteiger partial charge on any atom is 0.0438 e. The van der Waals surface area contributed by atoms with Gasteiger partial charge in [-0.2, -0.15) is 0 Å². The molecule has 1 unspecified atom stereocenters. The van der Waals surface area contributed by atoms with Gasteiger partial charge in [0, 0.05) is 28.8 Å². The standard InChI is InChI=1S/C17H15ClN2/c18-16-7-2-1-4-12(16)10-17(19)15-6-3-5-13-11-20-9-8-14(13)15/h1-9,11,17H,10,19H2. The minimum atomic E-state index is -0.0824. The number of aromatic nitrogens is 1. The van der Waals surface area contributed by atoms with Gasteiger partial charge in [0.1, 0.15) is 0 Å². The lowest BCUT2D eigenvalue weighted by Gasteiger charge is -2.15. The average Bonchev–Trinajstić information content (AvgIpc) is 2.49. The summed E-state index contributed by atoms with van der Waals surface area (Å²) in [5.41, 5.74) is 8.59. The first-order valence-electron chi connectivity index (χ1n) is 6.57. The summed E-state index contributed by atoms with van der Waals surface area (Å²) in [5, 5.41) is 3.03. The van der Waals surface area contributed by atoms with E-state index >= 15 is 0 Å². The van der Waals surface area contributed by atoms with Crippen molar-refractivity contribution in [3.8, 4) is 0 Å². The first kappa shape index (κ1) is 13.1. The van der Waals surface area contributed by atoms with E-state index in [1.807, 2.05) is 48.7 Å². The number of pyridine rings is 1. The van der Waals surface area contributed by atoms with Gasteiger partial charge in [-0.3, -0.25) is 4.98 Å². The molecule has 0 amide bonds. The van der Waals surface area contributed by atoms with Gasteiger partial charge in [-0.25, -0.2) is 0 Å². The Kier molecular flexibility index (Phi) is 3.68. The van der Waals surface area contributed by atoms with Gasteiger partial charge in [0.25, 0.3) is 0 Å². The van der Waals surface area contributed by atoms with Crippen LogP contribution in [-0.2, 0) is 6.42 Å². The minimum Gasteiger partial charge on any atom is -0.324 e. The highest BCUT2D eigenvalue weighted by Crippen LogP contribution is 2.26. The molecular formula is C17H15ClN2. The van der Waals surface area contributed by atoms with E-state index in [1.54, 1.807) is 6.20 Å². The van der Waals surface area contributed by atoms with Crippen molar-refractivity contribution >= 4 is 22.4 Å². The number of benzene rings is 2. The van der Waals surface area contributed by atoms with E-state index in [0.717, 1.165) is 33.3 Å². The van der Waals surface area contributed by atoms with Crippen LogP contribution < -0.4 is 5.73 Å². The number of nitrogens with two attached hydrogens (primary N) is 1. The Morgan fingerprint density at radius 2 is 1.90 bits per heavy atom. The van der Waals surface area contributed by atoms with E-state index < -0.39 is 0 Å². The fraction of sp³-hybridized carbons (Fsp3) is 0.118. The van der Waals surface area contributed by atoms with Gasteiger partial charge in [-0.05, 0) is 35.1 Å². The Bertz CT molecular complexity index is 734. The molecule has 0 saturated heterocycles. The van der Waals surface area contributed by atoms with E-state index in [4.69, 9.17) is 17.3 Å². The molecule has 2 nitrogen and oxygen atoms in total. The van der Waals surface area contributed by atoms with Crippen molar-refractivity contribution < 1.29 is 0 Å². The van der Waals surface area contributed by atoms with Crippen molar-refractivity contribution in [2.45, 2.75) is 12.5 Å². The number of hydrogen-bond donors (Lipinski definition) is 1. The van der Waals surface area contributed by atoms with Crippen LogP contribution in [0.15, 0.2) is 60.9 Å². The molecule has 0 fully saturated rings. The van der Waals surface area contributed by atoms with Crippen LogP contribution in [0, 0.1) is 0 Å². The summed E-state index contributed by atoms with van der Waals surface area (Å²) >= 11 is 6.21. The minimum absolute atomic E-state index is 0.0824. The van der Waals surface area contributed by atoms with Crippen LogP contribution in [-0.4, -0.2) is 4.98 Å². The summed E-state index contributed by atoms with van der Waals surface area (Å²) in [6, 6.07) is 15.9. The van der Waals surface area contributed by atoms with Crippen LogP contribution in [0.5, 0.6) is 0 Å². The number of nitrogens with zero attached hydrogens (tertiary/aromatic N) is 1. The van der Waals surface area contributed by atoms with Crippen LogP contribution >= 0.6 is 11.6 Å². The van der Waals surface area contributed by atoms with Crippen molar-refractivity contribution in [3.63, 3.8) is 0 Å². The smallest absolute Gasteiger partial charge is 0.0438 e. The first-order valence-corrected chi connectivity index (χ1v) is 6.95. The second kappa shape index (κ2) is 5.61. The number of fused-ring (bicyclic) bond motifs is 1. The summed E-state index contributed by atoms with van der Waals surface area (Å²) in [6.07, 6.45) is 4.39. The highest BCUT2D eigenvalue weighted by Gasteiger charge is 2.12. The molecule has 0 saturated carbocycles. The van der Waals surface area contributed by atoms with E-state index in [9.17, 15) is 0 Å². The largest absolute Gasteiger partial charge is 0.324 e. The maximum atomic E-state index is 6.38. The van der Waals surface area contributed by atoms with E-state index in [-0.39, 0.29) is 6.04 Å². The SMILES string of the molecule is NC(Cc1ccccc1Cl)c1cccc2cnccc12. The summed E-state index contributed by atoms with van der Waals surface area (Å²) in [7, 11) is 0. The van der Waals surface area contributed by atoms with Gasteiger partial charge in [0.05, 0.1) is 0 Å². The number of hydrogen-bond acceptors (Lipinski definition) is 2. The zero-order valence-corrected chi connectivity index (χ0v) is 11.7. The second-order valence-corrected chi connectivity index (χ2v) is 5.25. The molecule has 3 rings (SSSR count). The normalized spacial score (nSPS) is 12.5. The summed E-state index contributed by atoms with van der Waals surface area (Å²) < 4.78 is 0. The molecule has 0 aliphatic rings. The van der Waals surface area contributed by atoms with Crippen molar-refractivity contribution in [3.05, 3.63) is 77.1 Å². The highest BCUT2D eigenvalue weighted by molar-refractivity contribution is 6.31. The van der Waals surface area contributed by atoms with E-state index in [0.29, 0.717) is 0 Å². The quantitative estimate of drug-likeness (QED) is 0.784. The molecule has 0 aliphatic heterocycles. The Hall–Kier alpha value is -1.90. The lowest BCUT2D eigenvalue weighted by atomic mass is 9.95. The molecule has 1 atom stereocenters. The molecule has 2 aromatic carbocycles. The van der Waals surface area contributed by atoms with Crippen molar-refractivity contribution in [1.82, 2.24) is 4.98 Å². The van der Waals surface area contributed by atoms with Gasteiger partial charge < -0.3 is 5.73 Å². The van der Waals surface area contributed by atoms with Crippen molar-refractivity contribution in [1.29, 1.82) is 0 Å². The molecule has 3 heteroatoms. The molecule has 0 spiro atoms. The van der Waals surface area contributed by atoms with Gasteiger partial charge in [0.2, 0.25) is 0 Å². The fourth-order valence-corrected chi connectivity index (χ4v) is 2.69. The van der Waals surface area contributed by atoms with Crippen molar-refractivity contribution in [2.75, 3.05) is 0 Å². The molecule has 0 radical (unpaired) electrons. The zero-order valence-electron chi connectivity index (χ0n) is 11.0. The molecule has 3 aromatic rings. The number of halogens is 1. The molecule has 0 aliphatic carbocycles. The lowest BCUT2D eigenvalue weighted by molar-refractivity contribution is 0.728. The van der Waals surface area contributed by atoms with Crippen LogP contribution in [0.2, 0.25) is 5.02 Å². The third kappa shape index (κ3) is 2.53. The van der Waals surface area contributed by atoms with E-state index in [2.05, 4.69) is 11.1 Å². The van der Waals surface area contributed by atoms with Crippen LogP contribution in [0.25, 0.3) is 10.8 Å². The Morgan fingerprint density at radius 1 is 1.05 bits per heavy atom. The lowest BCUT2D eigenvalue weighted by Crippen LogP contribution is -2.14. The summed E-state index contributed by atoms with van der Waals surface area (Å²) in [6.45, 7) is 0. The topological polar surface area (TPSA) is 38.9 Å². The van der Waals surface area contributed by atoms with E-state index in [1.165, 1.54) is 0 Å². The van der Waals surface area contributed by atoms with Gasteiger partial charge in [0.15, 0.2) is 0 Å². The molecule has 1 aromatic heterocycles. The van der Waals surface area contributed by atoms with Crippen LogP contribution in [0.1, 0.15) is 17.2 Å². The molecule has 20 heavy (non-hydrogen) atoms. The second-order valence-electron chi connectivity index (χ2n) is 4.85. The predicted octanol–water partition coefficient (Wildman–Crippen LogP) is 4.13. The Balaban J connectivity index is 1.97. The van der Waals surface area contributed by atoms with Crippen LogP contribution in [0.4, 0.5) is 0 Å². The van der Waals surface area contributed by atoms with Gasteiger partial charge in [-0.1, -0.05) is 48.0 Å². The Labute approximate surface area is 123 Å². The van der Waals surface area contributed by atoms with Crippen LogP contribution in [0.3, 0.4) is 0 Å². The third-order valence-corrected chi connectivity index (χ3v) is 3.88. The number of rotatable bonds is 3. The maximum absolute atomic E-state index is 6.38. The molecule has 0 bridgehead atoms. The molecular weight excluding hydrogens is 268 g/mol. The summed E-state index contributed by atoms with van der Waals surface area (Å²) in [5.74, 6) is 0. The highest BCUT2D eigenvalue weighted by atomic mass is 35.5. The zero-order chi connectivity index (χ0) is 13.9. The molecule has 100 valence electrons. The molecule has 2 N–H and O–H groups in total. The van der Waals surface area contributed by atoms with Crippen molar-refractivity contribution in [2.24, 2.45) is 5.73 Å². The molecule has 1 heterocycles. The average molecular weight is 283 g/mol.